The summed E-state index contributed by atoms with van der Waals surface area (Å²) < 4.78 is 5.79. The van der Waals surface area contributed by atoms with Gasteiger partial charge in [0.25, 0.3) is 17.7 Å². The van der Waals surface area contributed by atoms with Crippen LogP contribution in [0.15, 0.2) is 52.3 Å². The van der Waals surface area contributed by atoms with E-state index in [1.807, 2.05) is 54.8 Å². The van der Waals surface area contributed by atoms with E-state index in [2.05, 4.69) is 22.4 Å². The highest BCUT2D eigenvalue weighted by atomic mass is 32.1. The van der Waals surface area contributed by atoms with Crippen molar-refractivity contribution in [3.63, 3.8) is 0 Å². The van der Waals surface area contributed by atoms with Gasteiger partial charge in [0, 0.05) is 5.69 Å². The number of hydrogen-bond donors (Lipinski definition) is 2. The molecule has 0 saturated heterocycles. The molecule has 7 heteroatoms. The maximum Gasteiger partial charge on any atom is 0.282 e. The fraction of sp³-hybridized carbons (Fsp3) is 0.316. The maximum atomic E-state index is 12.6. The maximum absolute atomic E-state index is 12.6. The number of para-hydroxylation sites is 1. The fourth-order valence-electron chi connectivity index (χ4n) is 2.76. The second kappa shape index (κ2) is 8.73. The van der Waals surface area contributed by atoms with Crippen molar-refractivity contribution < 1.29 is 14.1 Å². The summed E-state index contributed by atoms with van der Waals surface area (Å²) in [7, 11) is 0. The third-order valence-corrected chi connectivity index (χ3v) is 5.05. The quantitative estimate of drug-likeness (QED) is 0.638. The van der Waals surface area contributed by atoms with Crippen molar-refractivity contribution in [3.8, 4) is 10.8 Å². The van der Waals surface area contributed by atoms with Gasteiger partial charge in [-0.1, -0.05) is 31.2 Å². The Morgan fingerprint density at radius 1 is 1.23 bits per heavy atom. The molecule has 3 aromatic rings. The number of nitrogens with one attached hydrogen (secondary N) is 2. The van der Waals surface area contributed by atoms with Gasteiger partial charge in [-0.25, -0.2) is 0 Å². The van der Waals surface area contributed by atoms with E-state index in [4.69, 9.17) is 4.42 Å². The van der Waals surface area contributed by atoms with Gasteiger partial charge in [0.05, 0.1) is 11.4 Å². The molecule has 0 aliphatic carbocycles. The number of aromatic nitrogens is 2. The lowest BCUT2D eigenvalue weighted by Crippen LogP contribution is -3.15. The molecule has 0 radical (unpaired) electrons. The third kappa shape index (κ3) is 4.56. The highest BCUT2D eigenvalue weighted by Crippen LogP contribution is 2.22. The summed E-state index contributed by atoms with van der Waals surface area (Å²) >= 11 is 1.56. The Balaban J connectivity index is 1.67. The highest BCUT2D eigenvalue weighted by Gasteiger charge is 2.27. The van der Waals surface area contributed by atoms with Gasteiger partial charge in [-0.2, -0.15) is 0 Å². The van der Waals surface area contributed by atoms with Crippen LogP contribution in [0.2, 0.25) is 0 Å². The SMILES string of the molecule is CCC[NH+](Cc1nnc(-c2cccs2)o1)[C@H](C)C(=O)Nc1ccccc1. The van der Waals surface area contributed by atoms with E-state index >= 15 is 0 Å². The molecule has 26 heavy (non-hydrogen) atoms. The molecular weight excluding hydrogens is 348 g/mol. The lowest BCUT2D eigenvalue weighted by molar-refractivity contribution is -0.928. The van der Waals surface area contributed by atoms with Crippen LogP contribution in [0.1, 0.15) is 26.2 Å². The van der Waals surface area contributed by atoms with Crippen LogP contribution in [0.4, 0.5) is 5.69 Å². The van der Waals surface area contributed by atoms with E-state index in [9.17, 15) is 4.79 Å². The monoisotopic (exact) mass is 371 g/mol. The molecule has 0 aliphatic rings. The van der Waals surface area contributed by atoms with Gasteiger partial charge in [-0.15, -0.1) is 21.5 Å². The van der Waals surface area contributed by atoms with Gasteiger partial charge < -0.3 is 14.6 Å². The van der Waals surface area contributed by atoms with E-state index in [1.165, 1.54) is 0 Å². The first kappa shape index (κ1) is 18.3. The Labute approximate surface area is 156 Å². The summed E-state index contributed by atoms with van der Waals surface area (Å²) in [5, 5.41) is 13.2. The van der Waals surface area contributed by atoms with Crippen LogP contribution in [0.5, 0.6) is 0 Å². The van der Waals surface area contributed by atoms with Crippen molar-refractivity contribution in [2.75, 3.05) is 11.9 Å². The standard InChI is InChI=1S/C19H22N4O2S/c1-3-11-23(14(2)18(24)20-15-8-5-4-6-9-15)13-17-21-22-19(25-17)16-10-7-12-26-16/h4-10,12,14H,3,11,13H2,1-2H3,(H,20,24)/p+1/t14-/m1/s1. The molecule has 1 aromatic carbocycles. The van der Waals surface area contributed by atoms with Crippen LogP contribution in [0.25, 0.3) is 10.8 Å². The number of carbonyl (C=O) groups is 1. The summed E-state index contributed by atoms with van der Waals surface area (Å²) in [5.41, 5.74) is 0.804. The molecule has 2 heterocycles. The van der Waals surface area contributed by atoms with Crippen LogP contribution >= 0.6 is 11.3 Å². The number of anilines is 1. The van der Waals surface area contributed by atoms with Crippen molar-refractivity contribution in [1.29, 1.82) is 0 Å². The Morgan fingerprint density at radius 2 is 2.04 bits per heavy atom. The van der Waals surface area contributed by atoms with Gasteiger partial charge in [-0.3, -0.25) is 4.79 Å². The van der Waals surface area contributed by atoms with Crippen molar-refractivity contribution in [1.82, 2.24) is 10.2 Å². The molecule has 0 aliphatic heterocycles. The van der Waals surface area contributed by atoms with Crippen molar-refractivity contribution in [3.05, 3.63) is 53.7 Å². The number of quaternary nitrogens is 1. The molecule has 0 bridgehead atoms. The molecular formula is C19H23N4O2S+. The number of rotatable bonds is 8. The smallest absolute Gasteiger partial charge is 0.282 e. The van der Waals surface area contributed by atoms with Crippen LogP contribution < -0.4 is 10.2 Å². The summed E-state index contributed by atoms with van der Waals surface area (Å²) in [6, 6.07) is 13.2. The number of nitrogens with zero attached hydrogens (tertiary/aromatic N) is 2. The topological polar surface area (TPSA) is 72.5 Å². The normalized spacial score (nSPS) is 13.3. The lowest BCUT2D eigenvalue weighted by atomic mass is 10.2. The minimum Gasteiger partial charge on any atom is -0.414 e. The zero-order valence-electron chi connectivity index (χ0n) is 14.9. The van der Waals surface area contributed by atoms with E-state index < -0.39 is 0 Å². The van der Waals surface area contributed by atoms with Gasteiger partial charge in [-0.05, 0) is 36.9 Å². The zero-order valence-corrected chi connectivity index (χ0v) is 15.8. The van der Waals surface area contributed by atoms with E-state index in [1.54, 1.807) is 11.3 Å². The predicted molar refractivity (Wildman–Crippen MR) is 102 cm³/mol. The average molecular weight is 371 g/mol. The Hall–Kier alpha value is -2.51. The molecule has 2 N–H and O–H groups in total. The first-order valence-electron chi connectivity index (χ1n) is 8.74. The summed E-state index contributed by atoms with van der Waals surface area (Å²) in [5.74, 6) is 1.07. The Bertz CT molecular complexity index is 817. The van der Waals surface area contributed by atoms with Gasteiger partial charge in [0.1, 0.15) is 0 Å². The lowest BCUT2D eigenvalue weighted by Gasteiger charge is -2.23. The molecule has 3 rings (SSSR count). The first-order chi connectivity index (χ1) is 12.7. The van der Waals surface area contributed by atoms with Crippen LogP contribution in [-0.4, -0.2) is 28.7 Å². The van der Waals surface area contributed by atoms with Crippen molar-refractivity contribution >= 4 is 22.9 Å². The molecule has 136 valence electrons. The molecule has 1 amide bonds. The molecule has 2 atom stereocenters. The second-order valence-corrected chi connectivity index (χ2v) is 7.09. The summed E-state index contributed by atoms with van der Waals surface area (Å²) in [6.45, 7) is 5.40. The van der Waals surface area contributed by atoms with E-state index in [-0.39, 0.29) is 11.9 Å². The van der Waals surface area contributed by atoms with Gasteiger partial charge >= 0.3 is 0 Å². The van der Waals surface area contributed by atoms with Gasteiger partial charge in [0.2, 0.25) is 0 Å². The molecule has 6 nitrogen and oxygen atoms in total. The number of thiophene rings is 1. The highest BCUT2D eigenvalue weighted by molar-refractivity contribution is 7.13. The number of hydrogen-bond acceptors (Lipinski definition) is 5. The Kier molecular flexibility index (Phi) is 6.14. The van der Waals surface area contributed by atoms with E-state index in [0.717, 1.165) is 28.4 Å². The summed E-state index contributed by atoms with van der Waals surface area (Å²) in [4.78, 5) is 14.7. The predicted octanol–water partition coefficient (Wildman–Crippen LogP) is 2.62. The van der Waals surface area contributed by atoms with Gasteiger partial charge in [0.15, 0.2) is 12.6 Å². The average Bonchev–Trinajstić information content (AvgIpc) is 3.33. The van der Waals surface area contributed by atoms with Crippen LogP contribution in [0, 0.1) is 0 Å². The van der Waals surface area contributed by atoms with Crippen molar-refractivity contribution in [2.45, 2.75) is 32.9 Å². The van der Waals surface area contributed by atoms with Crippen molar-refractivity contribution in [2.24, 2.45) is 0 Å². The molecule has 2 aromatic heterocycles. The molecule has 1 unspecified atom stereocenters. The largest absolute Gasteiger partial charge is 0.414 e. The number of benzene rings is 1. The minimum atomic E-state index is -0.229. The number of amides is 1. The van der Waals surface area contributed by atoms with Crippen LogP contribution in [-0.2, 0) is 11.3 Å². The molecule has 0 fully saturated rings. The minimum absolute atomic E-state index is 0.0161. The molecule has 0 saturated carbocycles. The summed E-state index contributed by atoms with van der Waals surface area (Å²) in [6.07, 6.45) is 0.963. The molecule has 0 spiro atoms. The van der Waals surface area contributed by atoms with E-state index in [0.29, 0.717) is 18.3 Å². The van der Waals surface area contributed by atoms with Crippen LogP contribution in [0.3, 0.4) is 0 Å². The Morgan fingerprint density at radius 3 is 2.73 bits per heavy atom. The fourth-order valence-corrected chi connectivity index (χ4v) is 3.40. The number of carbonyl (C=O) groups excluding carboxylic acids is 1. The zero-order chi connectivity index (χ0) is 18.4. The first-order valence-corrected chi connectivity index (χ1v) is 9.62. The second-order valence-electron chi connectivity index (χ2n) is 6.14. The third-order valence-electron chi connectivity index (χ3n) is 4.20.